The first-order valence-corrected chi connectivity index (χ1v) is 11.8. The highest BCUT2D eigenvalue weighted by molar-refractivity contribution is 6.74. The van der Waals surface area contributed by atoms with Gasteiger partial charge in [-0.3, -0.25) is 0 Å². The molecule has 0 amide bonds. The van der Waals surface area contributed by atoms with E-state index in [1.165, 1.54) is 0 Å². The summed E-state index contributed by atoms with van der Waals surface area (Å²) in [7, 11) is -0.365. The van der Waals surface area contributed by atoms with Crippen molar-refractivity contribution in [3.63, 3.8) is 0 Å². The first kappa shape index (κ1) is 22.2. The SMILES string of the molecule is COc1ccc(COC(C)(C)[C@@H](O[Si](C)(C)C(C)(C)C)[C@@H](C)O)cc1. The van der Waals surface area contributed by atoms with Gasteiger partial charge in [-0.25, -0.2) is 0 Å². The first-order valence-electron chi connectivity index (χ1n) is 8.93. The van der Waals surface area contributed by atoms with Gasteiger partial charge < -0.3 is 19.0 Å². The molecular formula is C20H36O4Si. The maximum atomic E-state index is 10.3. The number of ether oxygens (including phenoxy) is 2. The lowest BCUT2D eigenvalue weighted by Crippen LogP contribution is -2.55. The van der Waals surface area contributed by atoms with E-state index in [9.17, 15) is 5.11 Å². The number of benzene rings is 1. The molecule has 1 aromatic rings. The monoisotopic (exact) mass is 368 g/mol. The van der Waals surface area contributed by atoms with Crippen LogP contribution in [0.3, 0.4) is 0 Å². The zero-order valence-corrected chi connectivity index (χ0v) is 18.3. The van der Waals surface area contributed by atoms with Crippen LogP contribution in [0.15, 0.2) is 24.3 Å². The second-order valence-electron chi connectivity index (χ2n) is 8.78. The Bertz CT molecular complexity index is 530. The number of hydrogen-bond donors (Lipinski definition) is 1. The third-order valence-corrected chi connectivity index (χ3v) is 9.58. The zero-order valence-electron chi connectivity index (χ0n) is 17.3. The predicted octanol–water partition coefficient (Wildman–Crippen LogP) is 4.76. The second-order valence-corrected chi connectivity index (χ2v) is 13.5. The summed E-state index contributed by atoms with van der Waals surface area (Å²) >= 11 is 0. The molecule has 0 unspecified atom stereocenters. The van der Waals surface area contributed by atoms with E-state index in [0.717, 1.165) is 11.3 Å². The van der Waals surface area contributed by atoms with Gasteiger partial charge in [0, 0.05) is 0 Å². The standard InChI is InChI=1S/C20H36O4Si/c1-15(21)18(24-25(8,9)19(2,3)4)20(5,6)23-14-16-10-12-17(22-7)13-11-16/h10-13,15,18,21H,14H2,1-9H3/t15-,18+/m1/s1. The summed E-state index contributed by atoms with van der Waals surface area (Å²) in [5, 5.41) is 10.4. The van der Waals surface area contributed by atoms with Crippen molar-refractivity contribution in [1.29, 1.82) is 0 Å². The third-order valence-electron chi connectivity index (χ3n) is 5.12. The van der Waals surface area contributed by atoms with Crippen molar-refractivity contribution in [2.24, 2.45) is 0 Å². The largest absolute Gasteiger partial charge is 0.497 e. The summed E-state index contributed by atoms with van der Waals surface area (Å²) in [6.07, 6.45) is -0.994. The maximum Gasteiger partial charge on any atom is 0.192 e. The van der Waals surface area contributed by atoms with Crippen LogP contribution in [0.4, 0.5) is 0 Å². The smallest absolute Gasteiger partial charge is 0.192 e. The average Bonchev–Trinajstić information content (AvgIpc) is 2.49. The molecular weight excluding hydrogens is 332 g/mol. The molecule has 1 rings (SSSR count). The van der Waals surface area contributed by atoms with E-state index < -0.39 is 20.0 Å². The summed E-state index contributed by atoms with van der Waals surface area (Å²) < 4.78 is 17.8. The quantitative estimate of drug-likeness (QED) is 0.672. The number of aliphatic hydroxyl groups excluding tert-OH is 1. The minimum absolute atomic E-state index is 0.0756. The summed E-state index contributed by atoms with van der Waals surface area (Å²) in [6.45, 7) is 17.2. The molecule has 0 saturated heterocycles. The molecule has 0 spiro atoms. The highest BCUT2D eigenvalue weighted by Gasteiger charge is 2.44. The van der Waals surface area contributed by atoms with E-state index in [1.807, 2.05) is 38.1 Å². The normalized spacial score (nSPS) is 15.8. The summed E-state index contributed by atoms with van der Waals surface area (Å²) in [5.74, 6) is 0.825. The van der Waals surface area contributed by atoms with E-state index in [2.05, 4.69) is 33.9 Å². The molecule has 0 aliphatic heterocycles. The Morgan fingerprint density at radius 2 is 1.56 bits per heavy atom. The van der Waals surface area contributed by atoms with Gasteiger partial charge in [0.15, 0.2) is 8.32 Å². The van der Waals surface area contributed by atoms with Crippen molar-refractivity contribution >= 4 is 8.32 Å². The van der Waals surface area contributed by atoms with Gasteiger partial charge in [0.05, 0.1) is 31.5 Å². The minimum Gasteiger partial charge on any atom is -0.497 e. The van der Waals surface area contributed by atoms with Crippen LogP contribution in [0.5, 0.6) is 5.75 Å². The Balaban J connectivity index is 2.86. The Kier molecular flexibility index (Phi) is 7.27. The van der Waals surface area contributed by atoms with Crippen molar-refractivity contribution in [2.45, 2.75) is 84.1 Å². The van der Waals surface area contributed by atoms with E-state index in [-0.39, 0.29) is 11.1 Å². The van der Waals surface area contributed by atoms with E-state index in [4.69, 9.17) is 13.9 Å². The lowest BCUT2D eigenvalue weighted by Gasteiger charge is -2.45. The number of hydrogen-bond acceptors (Lipinski definition) is 4. The number of aliphatic hydroxyl groups is 1. The fourth-order valence-electron chi connectivity index (χ4n) is 2.39. The van der Waals surface area contributed by atoms with Crippen LogP contribution in [-0.4, -0.2) is 38.3 Å². The fraction of sp³-hybridized carbons (Fsp3) is 0.700. The maximum absolute atomic E-state index is 10.3. The molecule has 0 aromatic heterocycles. The molecule has 1 N–H and O–H groups in total. The van der Waals surface area contributed by atoms with Crippen LogP contribution >= 0.6 is 0 Å². The Morgan fingerprint density at radius 1 is 1.04 bits per heavy atom. The molecule has 2 atom stereocenters. The van der Waals surface area contributed by atoms with Crippen LogP contribution in [-0.2, 0) is 15.8 Å². The van der Waals surface area contributed by atoms with Gasteiger partial charge in [0.2, 0.25) is 0 Å². The molecule has 1 aromatic carbocycles. The minimum atomic E-state index is -2.02. The molecule has 25 heavy (non-hydrogen) atoms. The van der Waals surface area contributed by atoms with Crippen LogP contribution in [0, 0.1) is 0 Å². The lowest BCUT2D eigenvalue weighted by atomic mass is 9.97. The third kappa shape index (κ3) is 6.10. The lowest BCUT2D eigenvalue weighted by molar-refractivity contribution is -0.136. The van der Waals surface area contributed by atoms with Crippen molar-refractivity contribution in [3.05, 3.63) is 29.8 Å². The topological polar surface area (TPSA) is 47.9 Å². The molecule has 0 radical (unpaired) electrons. The molecule has 144 valence electrons. The zero-order chi connectivity index (χ0) is 19.5. The van der Waals surface area contributed by atoms with E-state index in [0.29, 0.717) is 6.61 Å². The van der Waals surface area contributed by atoms with Gasteiger partial charge in [-0.1, -0.05) is 32.9 Å². The molecule has 0 aliphatic rings. The predicted molar refractivity (Wildman–Crippen MR) is 106 cm³/mol. The van der Waals surface area contributed by atoms with Gasteiger partial charge in [-0.15, -0.1) is 0 Å². The Labute approximate surface area is 154 Å². The number of rotatable bonds is 8. The van der Waals surface area contributed by atoms with Crippen LogP contribution in [0.1, 0.15) is 47.1 Å². The van der Waals surface area contributed by atoms with Crippen LogP contribution in [0.2, 0.25) is 18.1 Å². The van der Waals surface area contributed by atoms with Gasteiger partial charge in [0.1, 0.15) is 5.75 Å². The summed E-state index contributed by atoms with van der Waals surface area (Å²) in [4.78, 5) is 0. The first-order chi connectivity index (χ1) is 11.3. The van der Waals surface area contributed by atoms with Gasteiger partial charge in [0.25, 0.3) is 0 Å². The molecule has 5 heteroatoms. The fourth-order valence-corrected chi connectivity index (χ4v) is 3.86. The van der Waals surface area contributed by atoms with Gasteiger partial charge >= 0.3 is 0 Å². The summed E-state index contributed by atoms with van der Waals surface area (Å²) in [6, 6.07) is 7.82. The van der Waals surface area contributed by atoms with Crippen molar-refractivity contribution in [1.82, 2.24) is 0 Å². The molecule has 0 saturated carbocycles. The van der Waals surface area contributed by atoms with Crippen molar-refractivity contribution < 1.29 is 19.0 Å². The highest BCUT2D eigenvalue weighted by atomic mass is 28.4. The van der Waals surface area contributed by atoms with Crippen LogP contribution < -0.4 is 4.74 Å². The molecule has 0 aliphatic carbocycles. The van der Waals surface area contributed by atoms with Crippen molar-refractivity contribution in [3.8, 4) is 5.75 Å². The molecule has 0 bridgehead atoms. The van der Waals surface area contributed by atoms with Crippen LogP contribution in [0.25, 0.3) is 0 Å². The van der Waals surface area contributed by atoms with Gasteiger partial charge in [-0.2, -0.15) is 0 Å². The number of methoxy groups -OCH3 is 1. The second kappa shape index (κ2) is 8.21. The highest BCUT2D eigenvalue weighted by Crippen LogP contribution is 2.39. The molecule has 0 fully saturated rings. The van der Waals surface area contributed by atoms with E-state index in [1.54, 1.807) is 14.0 Å². The summed E-state index contributed by atoms with van der Waals surface area (Å²) in [5.41, 5.74) is 0.453. The Morgan fingerprint density at radius 3 is 1.96 bits per heavy atom. The molecule has 4 nitrogen and oxygen atoms in total. The van der Waals surface area contributed by atoms with Crippen molar-refractivity contribution in [2.75, 3.05) is 7.11 Å². The Hall–Kier alpha value is -0.883. The average molecular weight is 369 g/mol. The van der Waals surface area contributed by atoms with E-state index >= 15 is 0 Å². The van der Waals surface area contributed by atoms with Gasteiger partial charge in [-0.05, 0) is 56.6 Å². The molecule has 0 heterocycles.